The van der Waals surface area contributed by atoms with E-state index in [9.17, 15) is 9.90 Å². The Morgan fingerprint density at radius 3 is 2.10 bits per heavy atom. The maximum atomic E-state index is 13.2. The first kappa shape index (κ1) is 19.7. The van der Waals surface area contributed by atoms with Gasteiger partial charge in [0.1, 0.15) is 12.4 Å². The van der Waals surface area contributed by atoms with Crippen LogP contribution in [0.15, 0.2) is 72.8 Å². The summed E-state index contributed by atoms with van der Waals surface area (Å²) in [7, 11) is 0. The minimum Gasteiger partial charge on any atom is -0.508 e. The first-order valence-corrected chi connectivity index (χ1v) is 11.1. The predicted octanol–water partition coefficient (Wildman–Crippen LogP) is 6.09. The predicted molar refractivity (Wildman–Crippen MR) is 121 cm³/mol. The molecule has 1 N–H and O–H groups in total. The van der Waals surface area contributed by atoms with Gasteiger partial charge in [-0.25, -0.2) is 4.79 Å². The molecule has 2 aliphatic rings. The summed E-state index contributed by atoms with van der Waals surface area (Å²) in [6.07, 6.45) is 3.92. The lowest BCUT2D eigenvalue weighted by atomic mass is 9.98. The van der Waals surface area contributed by atoms with Crippen molar-refractivity contribution in [3.8, 4) is 16.9 Å². The van der Waals surface area contributed by atoms with Crippen molar-refractivity contribution in [1.82, 2.24) is 4.90 Å². The summed E-state index contributed by atoms with van der Waals surface area (Å²) < 4.78 is 5.93. The molecule has 0 saturated heterocycles. The van der Waals surface area contributed by atoms with Crippen LogP contribution in [0, 0.1) is 0 Å². The van der Waals surface area contributed by atoms with E-state index >= 15 is 0 Å². The second-order valence-corrected chi connectivity index (χ2v) is 8.50. The van der Waals surface area contributed by atoms with Gasteiger partial charge in [0.15, 0.2) is 0 Å². The molecule has 0 heterocycles. The number of carbonyl (C=O) groups is 1. The third-order valence-corrected chi connectivity index (χ3v) is 6.67. The number of phenols is 1. The monoisotopic (exact) mass is 413 g/mol. The van der Waals surface area contributed by atoms with Crippen LogP contribution >= 0.6 is 0 Å². The molecule has 5 rings (SSSR count). The van der Waals surface area contributed by atoms with Gasteiger partial charge >= 0.3 is 6.09 Å². The topological polar surface area (TPSA) is 49.8 Å². The lowest BCUT2D eigenvalue weighted by Crippen LogP contribution is -2.39. The van der Waals surface area contributed by atoms with E-state index in [1.165, 1.54) is 22.3 Å². The van der Waals surface area contributed by atoms with E-state index in [2.05, 4.69) is 36.4 Å². The fourth-order valence-corrected chi connectivity index (χ4v) is 5.06. The van der Waals surface area contributed by atoms with Gasteiger partial charge in [-0.15, -0.1) is 0 Å². The second-order valence-electron chi connectivity index (χ2n) is 8.50. The molecule has 2 aliphatic carbocycles. The quantitative estimate of drug-likeness (QED) is 0.551. The van der Waals surface area contributed by atoms with Crippen LogP contribution in [0.4, 0.5) is 4.79 Å². The van der Waals surface area contributed by atoms with Gasteiger partial charge in [0.05, 0.1) is 6.54 Å². The van der Waals surface area contributed by atoms with Crippen molar-refractivity contribution in [3.05, 3.63) is 89.5 Å². The van der Waals surface area contributed by atoms with Crippen LogP contribution in [-0.4, -0.2) is 28.7 Å². The second kappa shape index (κ2) is 8.46. The summed E-state index contributed by atoms with van der Waals surface area (Å²) in [5.41, 5.74) is 5.62. The Morgan fingerprint density at radius 1 is 0.871 bits per heavy atom. The molecular formula is C27H27NO3. The summed E-state index contributed by atoms with van der Waals surface area (Å²) in [5, 5.41) is 10.2. The molecule has 4 heteroatoms. The fraction of sp³-hybridized carbons (Fsp3) is 0.296. The molecule has 3 aromatic carbocycles. The first-order chi connectivity index (χ1) is 15.2. The number of para-hydroxylation sites is 1. The normalized spacial score (nSPS) is 15.5. The van der Waals surface area contributed by atoms with E-state index in [1.54, 1.807) is 12.1 Å². The van der Waals surface area contributed by atoms with Gasteiger partial charge in [-0.2, -0.15) is 0 Å². The van der Waals surface area contributed by atoms with Gasteiger partial charge in [0.25, 0.3) is 0 Å². The molecule has 3 aromatic rings. The van der Waals surface area contributed by atoms with Crippen molar-refractivity contribution in [3.63, 3.8) is 0 Å². The van der Waals surface area contributed by atoms with Gasteiger partial charge in [-0.3, -0.25) is 0 Å². The van der Waals surface area contributed by atoms with Crippen LogP contribution in [0.25, 0.3) is 11.1 Å². The molecule has 31 heavy (non-hydrogen) atoms. The molecule has 0 atom stereocenters. The van der Waals surface area contributed by atoms with E-state index in [1.807, 2.05) is 29.2 Å². The van der Waals surface area contributed by atoms with Crippen molar-refractivity contribution >= 4 is 6.09 Å². The van der Waals surface area contributed by atoms with E-state index < -0.39 is 0 Å². The van der Waals surface area contributed by atoms with Gasteiger partial charge in [0, 0.05) is 17.5 Å². The van der Waals surface area contributed by atoms with Crippen LogP contribution < -0.4 is 0 Å². The SMILES string of the molecule is O=C(OCC1c2ccccc2-c2ccccc21)N(Cc1ccccc1O)C1CCCC1. The van der Waals surface area contributed by atoms with Crippen LogP contribution in [-0.2, 0) is 11.3 Å². The Bertz CT molecular complexity index is 1040. The Morgan fingerprint density at radius 2 is 1.45 bits per heavy atom. The van der Waals surface area contributed by atoms with E-state index in [0.717, 1.165) is 31.2 Å². The van der Waals surface area contributed by atoms with Gasteiger partial charge in [-0.05, 0) is 41.2 Å². The lowest BCUT2D eigenvalue weighted by molar-refractivity contribution is 0.0809. The highest BCUT2D eigenvalue weighted by Gasteiger charge is 2.32. The number of hydrogen-bond donors (Lipinski definition) is 1. The zero-order chi connectivity index (χ0) is 21.2. The number of phenolic OH excluding ortho intramolecular Hbond substituents is 1. The number of rotatable bonds is 5. The van der Waals surface area contributed by atoms with Crippen molar-refractivity contribution in [1.29, 1.82) is 0 Å². The molecule has 158 valence electrons. The highest BCUT2D eigenvalue weighted by Crippen LogP contribution is 2.44. The number of fused-ring (bicyclic) bond motifs is 3. The van der Waals surface area contributed by atoms with E-state index in [-0.39, 0.29) is 23.8 Å². The number of ether oxygens (including phenoxy) is 1. The van der Waals surface area contributed by atoms with Crippen LogP contribution in [0.2, 0.25) is 0 Å². The third kappa shape index (κ3) is 3.78. The molecule has 1 fully saturated rings. The van der Waals surface area contributed by atoms with Crippen molar-refractivity contribution in [2.45, 2.75) is 44.2 Å². The Kier molecular flexibility index (Phi) is 5.37. The minimum atomic E-state index is -0.294. The number of amides is 1. The first-order valence-electron chi connectivity index (χ1n) is 11.1. The molecule has 1 saturated carbocycles. The van der Waals surface area contributed by atoms with Crippen molar-refractivity contribution < 1.29 is 14.6 Å². The van der Waals surface area contributed by atoms with E-state index in [0.29, 0.717) is 13.2 Å². The summed E-state index contributed by atoms with van der Waals surface area (Å²) in [5.74, 6) is 0.267. The molecule has 0 unspecified atom stereocenters. The molecule has 0 spiro atoms. The minimum absolute atomic E-state index is 0.0481. The van der Waals surface area contributed by atoms with Crippen LogP contribution in [0.3, 0.4) is 0 Å². The smallest absolute Gasteiger partial charge is 0.410 e. The number of carbonyl (C=O) groups excluding carboxylic acids is 1. The highest BCUT2D eigenvalue weighted by molar-refractivity contribution is 5.79. The molecule has 0 bridgehead atoms. The number of aromatic hydroxyl groups is 1. The summed E-state index contributed by atoms with van der Waals surface area (Å²) in [4.78, 5) is 15.1. The van der Waals surface area contributed by atoms with Crippen molar-refractivity contribution in [2.75, 3.05) is 6.61 Å². The zero-order valence-electron chi connectivity index (χ0n) is 17.5. The van der Waals surface area contributed by atoms with Crippen LogP contribution in [0.1, 0.15) is 48.3 Å². The Balaban J connectivity index is 1.36. The Labute approximate surface area is 183 Å². The molecule has 0 aromatic heterocycles. The standard InChI is InChI=1S/C27H27NO3/c29-26-16-8-1-9-19(26)17-28(20-10-2-3-11-20)27(30)31-18-25-23-14-6-4-12-21(23)22-13-5-7-15-24(22)25/h1,4-9,12-16,20,25,29H,2-3,10-11,17-18H2. The van der Waals surface area contributed by atoms with Gasteiger partial charge in [-0.1, -0.05) is 79.6 Å². The number of nitrogens with zero attached hydrogens (tertiary/aromatic N) is 1. The average molecular weight is 414 g/mol. The molecule has 4 nitrogen and oxygen atoms in total. The third-order valence-electron chi connectivity index (χ3n) is 6.67. The lowest BCUT2D eigenvalue weighted by Gasteiger charge is -2.29. The fourth-order valence-electron chi connectivity index (χ4n) is 5.06. The van der Waals surface area contributed by atoms with Gasteiger partial charge in [0.2, 0.25) is 0 Å². The summed E-state index contributed by atoms with van der Waals surface area (Å²) in [6.45, 7) is 0.685. The molecule has 1 amide bonds. The summed E-state index contributed by atoms with van der Waals surface area (Å²) >= 11 is 0. The number of hydrogen-bond acceptors (Lipinski definition) is 3. The average Bonchev–Trinajstić information content (AvgIpc) is 3.44. The number of benzene rings is 3. The maximum Gasteiger partial charge on any atom is 0.410 e. The molecule has 0 radical (unpaired) electrons. The van der Waals surface area contributed by atoms with E-state index in [4.69, 9.17) is 4.74 Å². The zero-order valence-corrected chi connectivity index (χ0v) is 17.5. The molecule has 0 aliphatic heterocycles. The Hall–Kier alpha value is -3.27. The largest absolute Gasteiger partial charge is 0.508 e. The van der Waals surface area contributed by atoms with Crippen LogP contribution in [0.5, 0.6) is 5.75 Å². The van der Waals surface area contributed by atoms with Gasteiger partial charge < -0.3 is 14.7 Å². The maximum absolute atomic E-state index is 13.2. The molecular weight excluding hydrogens is 386 g/mol. The highest BCUT2D eigenvalue weighted by atomic mass is 16.6. The summed E-state index contributed by atoms with van der Waals surface area (Å²) in [6, 6.07) is 24.1. The van der Waals surface area contributed by atoms with Crippen molar-refractivity contribution in [2.24, 2.45) is 0 Å².